The Bertz CT molecular complexity index is 175. The van der Waals surface area contributed by atoms with Crippen molar-refractivity contribution >= 4 is 0 Å². The Hall–Kier alpha value is -0.120. The highest BCUT2D eigenvalue weighted by atomic mass is 16.5. The third kappa shape index (κ3) is 4.81. The molecule has 16 heavy (non-hydrogen) atoms. The maximum absolute atomic E-state index is 9.09. The Balaban J connectivity index is 2.27. The van der Waals surface area contributed by atoms with E-state index in [2.05, 4.69) is 18.7 Å². The molecule has 1 fully saturated rings. The van der Waals surface area contributed by atoms with Gasteiger partial charge in [-0.05, 0) is 12.3 Å². The van der Waals surface area contributed by atoms with E-state index in [9.17, 15) is 0 Å². The molecule has 3 heteroatoms. The second-order valence-corrected chi connectivity index (χ2v) is 4.85. The number of nitrogens with zero attached hydrogens (tertiary/aromatic N) is 1. The van der Waals surface area contributed by atoms with Gasteiger partial charge in [-0.25, -0.2) is 0 Å². The van der Waals surface area contributed by atoms with E-state index in [0.717, 1.165) is 25.6 Å². The minimum absolute atomic E-state index is 0.0393. The van der Waals surface area contributed by atoms with Gasteiger partial charge in [-0.2, -0.15) is 0 Å². The first kappa shape index (κ1) is 13.9. The molecule has 1 N–H and O–H groups in total. The van der Waals surface area contributed by atoms with Crippen LogP contribution >= 0.6 is 0 Å². The molecule has 0 aromatic carbocycles. The summed E-state index contributed by atoms with van der Waals surface area (Å²) in [5, 5.41) is 9.09. The molecule has 0 saturated carbocycles. The molecule has 0 bridgehead atoms. The van der Waals surface area contributed by atoms with Crippen LogP contribution in [0, 0.1) is 5.92 Å². The van der Waals surface area contributed by atoms with Crippen molar-refractivity contribution in [2.24, 2.45) is 5.92 Å². The van der Waals surface area contributed by atoms with E-state index in [1.165, 1.54) is 32.2 Å². The zero-order chi connectivity index (χ0) is 11.8. The van der Waals surface area contributed by atoms with Gasteiger partial charge in [0.25, 0.3) is 0 Å². The van der Waals surface area contributed by atoms with E-state index in [-0.39, 0.29) is 12.7 Å². The average molecular weight is 229 g/mol. The number of hydrogen-bond donors (Lipinski definition) is 1. The van der Waals surface area contributed by atoms with Crippen LogP contribution < -0.4 is 0 Å². The lowest BCUT2D eigenvalue weighted by molar-refractivity contribution is -0.0565. The fourth-order valence-corrected chi connectivity index (χ4v) is 2.34. The number of aliphatic hydroxyl groups is 1. The molecule has 2 atom stereocenters. The number of hydrogen-bond acceptors (Lipinski definition) is 3. The zero-order valence-electron chi connectivity index (χ0n) is 10.8. The van der Waals surface area contributed by atoms with Crippen LogP contribution in [0.3, 0.4) is 0 Å². The lowest BCUT2D eigenvalue weighted by atomic mass is 9.98. The van der Waals surface area contributed by atoms with Crippen molar-refractivity contribution in [1.82, 2.24) is 4.90 Å². The van der Waals surface area contributed by atoms with Crippen molar-refractivity contribution in [1.29, 1.82) is 0 Å². The molecule has 2 unspecified atom stereocenters. The minimum Gasteiger partial charge on any atom is -0.394 e. The Morgan fingerprint density at radius 2 is 2.25 bits per heavy atom. The van der Waals surface area contributed by atoms with Gasteiger partial charge < -0.3 is 9.84 Å². The third-order valence-corrected chi connectivity index (χ3v) is 3.49. The summed E-state index contributed by atoms with van der Waals surface area (Å²) in [6.45, 7) is 8.57. The Morgan fingerprint density at radius 3 is 2.88 bits per heavy atom. The van der Waals surface area contributed by atoms with Crippen LogP contribution in [0.1, 0.15) is 39.5 Å². The van der Waals surface area contributed by atoms with Crippen LogP contribution in [0.5, 0.6) is 0 Å². The number of unbranched alkanes of at least 4 members (excludes halogenated alkanes) is 1. The number of ether oxygens (including phenoxy) is 1. The van der Waals surface area contributed by atoms with Gasteiger partial charge in [-0.1, -0.05) is 33.1 Å². The maximum Gasteiger partial charge on any atom is 0.0932 e. The van der Waals surface area contributed by atoms with E-state index >= 15 is 0 Å². The third-order valence-electron chi connectivity index (χ3n) is 3.49. The first-order chi connectivity index (χ1) is 7.80. The van der Waals surface area contributed by atoms with Gasteiger partial charge in [-0.3, -0.25) is 4.90 Å². The summed E-state index contributed by atoms with van der Waals surface area (Å²) in [6.07, 6.45) is 5.28. The summed E-state index contributed by atoms with van der Waals surface area (Å²) in [6, 6.07) is 0. The van der Waals surface area contributed by atoms with E-state index < -0.39 is 0 Å². The summed E-state index contributed by atoms with van der Waals surface area (Å²) in [7, 11) is 0. The summed E-state index contributed by atoms with van der Waals surface area (Å²) >= 11 is 0. The van der Waals surface area contributed by atoms with Crippen molar-refractivity contribution in [3.8, 4) is 0 Å². The van der Waals surface area contributed by atoms with Crippen molar-refractivity contribution in [3.63, 3.8) is 0 Å². The first-order valence-corrected chi connectivity index (χ1v) is 6.74. The smallest absolute Gasteiger partial charge is 0.0932 e. The molecule has 1 heterocycles. The normalized spacial score (nSPS) is 24.6. The molecule has 1 aliphatic heterocycles. The maximum atomic E-state index is 9.09. The number of rotatable bonds is 7. The minimum atomic E-state index is 0.0393. The molecule has 1 saturated heterocycles. The summed E-state index contributed by atoms with van der Waals surface area (Å²) < 4.78 is 5.46. The van der Waals surface area contributed by atoms with Crippen LogP contribution in [0.2, 0.25) is 0 Å². The van der Waals surface area contributed by atoms with Crippen LogP contribution in [0.4, 0.5) is 0 Å². The van der Waals surface area contributed by atoms with Crippen LogP contribution in [0.25, 0.3) is 0 Å². The van der Waals surface area contributed by atoms with Crippen molar-refractivity contribution in [2.45, 2.75) is 45.6 Å². The van der Waals surface area contributed by atoms with Crippen LogP contribution in [-0.4, -0.2) is 49.0 Å². The summed E-state index contributed by atoms with van der Waals surface area (Å²) in [5.41, 5.74) is 0. The zero-order valence-corrected chi connectivity index (χ0v) is 10.8. The lowest BCUT2D eigenvalue weighted by Crippen LogP contribution is -2.45. The molecule has 3 nitrogen and oxygen atoms in total. The van der Waals surface area contributed by atoms with E-state index in [4.69, 9.17) is 9.84 Å². The first-order valence-electron chi connectivity index (χ1n) is 6.74. The largest absolute Gasteiger partial charge is 0.394 e. The predicted molar refractivity (Wildman–Crippen MR) is 66.6 cm³/mol. The van der Waals surface area contributed by atoms with E-state index in [1.54, 1.807) is 0 Å². The lowest BCUT2D eigenvalue weighted by Gasteiger charge is -2.34. The average Bonchev–Trinajstić information content (AvgIpc) is 2.34. The van der Waals surface area contributed by atoms with Crippen molar-refractivity contribution in [2.75, 3.05) is 32.8 Å². The highest BCUT2D eigenvalue weighted by Gasteiger charge is 2.21. The van der Waals surface area contributed by atoms with E-state index in [1.807, 2.05) is 0 Å². The monoisotopic (exact) mass is 229 g/mol. The van der Waals surface area contributed by atoms with Crippen LogP contribution in [-0.2, 0) is 4.74 Å². The van der Waals surface area contributed by atoms with Crippen LogP contribution in [0.15, 0.2) is 0 Å². The van der Waals surface area contributed by atoms with Crippen molar-refractivity contribution in [3.05, 3.63) is 0 Å². The topological polar surface area (TPSA) is 32.7 Å². The fraction of sp³-hybridized carbons (Fsp3) is 1.00. The Labute approximate surface area is 99.8 Å². The number of morpholine rings is 1. The van der Waals surface area contributed by atoms with Gasteiger partial charge in [0.1, 0.15) is 0 Å². The molecular weight excluding hydrogens is 202 g/mol. The van der Waals surface area contributed by atoms with Crippen molar-refractivity contribution < 1.29 is 9.84 Å². The second kappa shape index (κ2) is 8.04. The molecule has 96 valence electrons. The predicted octanol–water partition coefficient (Wildman–Crippen LogP) is 1.90. The molecule has 0 spiro atoms. The van der Waals surface area contributed by atoms with Gasteiger partial charge >= 0.3 is 0 Å². The highest BCUT2D eigenvalue weighted by molar-refractivity contribution is 4.73. The Morgan fingerprint density at radius 1 is 1.44 bits per heavy atom. The number of aliphatic hydroxyl groups excluding tert-OH is 1. The molecule has 1 rings (SSSR count). The summed E-state index contributed by atoms with van der Waals surface area (Å²) in [4.78, 5) is 2.45. The van der Waals surface area contributed by atoms with Gasteiger partial charge in [0.15, 0.2) is 0 Å². The van der Waals surface area contributed by atoms with Gasteiger partial charge in [0, 0.05) is 19.6 Å². The molecule has 0 aromatic rings. The molecule has 0 amide bonds. The van der Waals surface area contributed by atoms with E-state index in [0.29, 0.717) is 0 Å². The second-order valence-electron chi connectivity index (χ2n) is 4.85. The standard InChI is InChI=1S/C13H27NO2/c1-3-5-6-12(4-2)9-14-7-8-16-13(10-14)11-15/h12-13,15H,3-11H2,1-2H3. The molecule has 0 aliphatic carbocycles. The Kier molecular flexibility index (Phi) is 7.01. The quantitative estimate of drug-likeness (QED) is 0.723. The van der Waals surface area contributed by atoms with Gasteiger partial charge in [-0.15, -0.1) is 0 Å². The molecule has 0 aromatic heterocycles. The van der Waals surface area contributed by atoms with Gasteiger partial charge in [0.05, 0.1) is 19.3 Å². The molecule has 1 aliphatic rings. The fourth-order valence-electron chi connectivity index (χ4n) is 2.34. The molecular formula is C13H27NO2. The van der Waals surface area contributed by atoms with Gasteiger partial charge in [0.2, 0.25) is 0 Å². The SMILES string of the molecule is CCCCC(CC)CN1CCOC(CO)C1. The molecule has 0 radical (unpaired) electrons. The highest BCUT2D eigenvalue weighted by Crippen LogP contribution is 2.16. The summed E-state index contributed by atoms with van der Waals surface area (Å²) in [5.74, 6) is 0.817.